The number of piperidine rings is 1. The molecule has 0 spiro atoms. The summed E-state index contributed by atoms with van der Waals surface area (Å²) >= 11 is 1.73. The van der Waals surface area contributed by atoms with Crippen molar-refractivity contribution in [3.63, 3.8) is 0 Å². The molecule has 5 heteroatoms. The highest BCUT2D eigenvalue weighted by Gasteiger charge is 2.47. The van der Waals surface area contributed by atoms with Crippen molar-refractivity contribution in [1.29, 1.82) is 0 Å². The highest BCUT2D eigenvalue weighted by atomic mass is 32.1. The van der Waals surface area contributed by atoms with Crippen molar-refractivity contribution in [2.24, 2.45) is 17.3 Å². The van der Waals surface area contributed by atoms with Gasteiger partial charge >= 0.3 is 0 Å². The van der Waals surface area contributed by atoms with Crippen molar-refractivity contribution in [2.75, 3.05) is 19.6 Å². The fourth-order valence-corrected chi connectivity index (χ4v) is 5.34. The Kier molecular flexibility index (Phi) is 6.09. The molecule has 1 aromatic heterocycles. The minimum atomic E-state index is -0.584. The summed E-state index contributed by atoms with van der Waals surface area (Å²) in [6.07, 6.45) is 4.99. The molecule has 1 aromatic carbocycles. The van der Waals surface area contributed by atoms with Gasteiger partial charge in [-0.25, -0.2) is 0 Å². The van der Waals surface area contributed by atoms with E-state index in [2.05, 4.69) is 60.6 Å². The van der Waals surface area contributed by atoms with E-state index in [1.165, 1.54) is 10.4 Å². The van der Waals surface area contributed by atoms with Crippen LogP contribution in [0.5, 0.6) is 0 Å². The van der Waals surface area contributed by atoms with E-state index in [9.17, 15) is 9.59 Å². The summed E-state index contributed by atoms with van der Waals surface area (Å²) in [5, 5.41) is 5.10. The molecule has 30 heavy (non-hydrogen) atoms. The maximum atomic E-state index is 13.3. The Balaban J connectivity index is 1.55. The van der Waals surface area contributed by atoms with Gasteiger partial charge in [0, 0.05) is 30.4 Å². The fourth-order valence-electron chi connectivity index (χ4n) is 4.60. The van der Waals surface area contributed by atoms with E-state index < -0.39 is 5.41 Å². The van der Waals surface area contributed by atoms with Crippen LogP contribution in [0, 0.1) is 17.3 Å². The van der Waals surface area contributed by atoms with Crippen LogP contribution in [0.1, 0.15) is 31.7 Å². The Bertz CT molecular complexity index is 906. The fraction of sp³-hybridized carbons (Fsp3) is 0.440. The summed E-state index contributed by atoms with van der Waals surface area (Å²) in [5.74, 6) is 0.901. The maximum Gasteiger partial charge on any atom is 0.228 e. The number of nitrogens with zero attached hydrogens (tertiary/aromatic N) is 1. The van der Waals surface area contributed by atoms with Gasteiger partial charge in [0.2, 0.25) is 11.8 Å². The third-order valence-corrected chi connectivity index (χ3v) is 7.42. The number of benzene rings is 1. The van der Waals surface area contributed by atoms with Crippen LogP contribution < -0.4 is 5.32 Å². The van der Waals surface area contributed by atoms with E-state index in [4.69, 9.17) is 0 Å². The molecule has 0 bridgehead atoms. The lowest BCUT2D eigenvalue weighted by molar-refractivity contribution is -0.142. The lowest BCUT2D eigenvalue weighted by atomic mass is 9.74. The summed E-state index contributed by atoms with van der Waals surface area (Å²) in [4.78, 5) is 29.4. The predicted octanol–water partition coefficient (Wildman–Crippen LogP) is 4.52. The van der Waals surface area contributed by atoms with E-state index in [-0.39, 0.29) is 17.7 Å². The Morgan fingerprint density at radius 1 is 1.30 bits per heavy atom. The van der Waals surface area contributed by atoms with E-state index in [0.29, 0.717) is 25.4 Å². The van der Waals surface area contributed by atoms with E-state index in [0.717, 1.165) is 31.4 Å². The number of rotatable bonds is 7. The van der Waals surface area contributed by atoms with Gasteiger partial charge < -0.3 is 10.2 Å². The summed E-state index contributed by atoms with van der Waals surface area (Å²) < 4.78 is 0. The molecular weight excluding hydrogens is 392 g/mol. The van der Waals surface area contributed by atoms with Gasteiger partial charge in [-0.3, -0.25) is 9.59 Å². The van der Waals surface area contributed by atoms with Gasteiger partial charge in [0.25, 0.3) is 0 Å². The molecule has 4 rings (SSSR count). The van der Waals surface area contributed by atoms with Crippen LogP contribution >= 0.6 is 11.3 Å². The van der Waals surface area contributed by atoms with Crippen molar-refractivity contribution < 1.29 is 9.59 Å². The van der Waals surface area contributed by atoms with Crippen LogP contribution in [0.25, 0.3) is 10.4 Å². The normalized spacial score (nSPS) is 25.6. The van der Waals surface area contributed by atoms with Crippen LogP contribution in [-0.4, -0.2) is 36.3 Å². The molecule has 4 nitrogen and oxygen atoms in total. The number of nitrogens with one attached hydrogen (secondary N) is 1. The number of hydrogen-bond acceptors (Lipinski definition) is 3. The Morgan fingerprint density at radius 2 is 2.07 bits per heavy atom. The van der Waals surface area contributed by atoms with Crippen LogP contribution in [-0.2, 0) is 16.0 Å². The van der Waals surface area contributed by atoms with E-state index in [1.807, 2.05) is 4.90 Å². The summed E-state index contributed by atoms with van der Waals surface area (Å²) in [6, 6.07) is 12.7. The highest BCUT2D eigenvalue weighted by Crippen LogP contribution is 2.42. The van der Waals surface area contributed by atoms with Crippen molar-refractivity contribution in [1.82, 2.24) is 10.2 Å². The van der Waals surface area contributed by atoms with Crippen molar-refractivity contribution >= 4 is 23.2 Å². The van der Waals surface area contributed by atoms with Crippen LogP contribution in [0.2, 0.25) is 0 Å². The first-order valence-corrected chi connectivity index (χ1v) is 11.7. The molecule has 1 aliphatic carbocycles. The molecule has 2 fully saturated rings. The highest BCUT2D eigenvalue weighted by molar-refractivity contribution is 7.13. The van der Waals surface area contributed by atoms with Crippen molar-refractivity contribution in [3.05, 3.63) is 60.0 Å². The zero-order chi connectivity index (χ0) is 21.1. The average Bonchev–Trinajstić information content (AvgIpc) is 3.25. The van der Waals surface area contributed by atoms with Gasteiger partial charge in [0.15, 0.2) is 0 Å². The number of carbonyl (C=O) groups is 2. The standard InChI is InChI=1S/C25H30N2O2S/c1-3-12-26-24(29)25(11-5-13-27(17-25)23(28)21-15-18(21)2)16-19-7-9-20(10-8-19)22-6-4-14-30-22/h3-4,6-10,14,18,21H,1,5,11-13,15-17H2,2H3,(H,26,29)/t18-,21-,25-/m0/s1. The zero-order valence-electron chi connectivity index (χ0n) is 17.6. The number of carbonyl (C=O) groups excluding carboxylic acids is 2. The topological polar surface area (TPSA) is 49.4 Å². The SMILES string of the molecule is C=CCNC(=O)[C@]1(Cc2ccc(-c3cccs3)cc2)CCCN(C(=O)[C@H]2C[C@@H]2C)C1. The first kappa shape index (κ1) is 20.9. The molecule has 1 aliphatic heterocycles. The second kappa shape index (κ2) is 8.76. The molecule has 1 N–H and O–H groups in total. The summed E-state index contributed by atoms with van der Waals surface area (Å²) in [6.45, 7) is 7.57. The van der Waals surface area contributed by atoms with Gasteiger partial charge in [-0.15, -0.1) is 17.9 Å². The monoisotopic (exact) mass is 422 g/mol. The minimum absolute atomic E-state index is 0.0334. The molecule has 1 saturated carbocycles. The third-order valence-electron chi connectivity index (χ3n) is 6.51. The molecule has 2 aliphatic rings. The van der Waals surface area contributed by atoms with Crippen LogP contribution in [0.15, 0.2) is 54.4 Å². The molecule has 0 unspecified atom stereocenters. The lowest BCUT2D eigenvalue weighted by Gasteiger charge is -2.42. The average molecular weight is 423 g/mol. The third kappa shape index (κ3) is 4.36. The Hall–Kier alpha value is -2.40. The summed E-state index contributed by atoms with van der Waals surface area (Å²) in [7, 11) is 0. The molecule has 2 heterocycles. The van der Waals surface area contributed by atoms with Gasteiger partial charge in [-0.2, -0.15) is 0 Å². The predicted molar refractivity (Wildman–Crippen MR) is 122 cm³/mol. The Morgan fingerprint density at radius 3 is 2.70 bits per heavy atom. The number of likely N-dealkylation sites (tertiary alicyclic amines) is 1. The molecule has 0 radical (unpaired) electrons. The second-order valence-corrected chi connectivity index (χ2v) is 9.76. The van der Waals surface area contributed by atoms with Crippen molar-refractivity contribution in [2.45, 2.75) is 32.6 Å². The maximum absolute atomic E-state index is 13.3. The molecule has 3 atom stereocenters. The van der Waals surface area contributed by atoms with E-state index >= 15 is 0 Å². The lowest BCUT2D eigenvalue weighted by Crippen LogP contribution is -2.54. The van der Waals surface area contributed by atoms with Gasteiger partial charge in [-0.05, 0) is 54.2 Å². The second-order valence-electron chi connectivity index (χ2n) is 8.81. The molecule has 158 valence electrons. The smallest absolute Gasteiger partial charge is 0.228 e. The number of hydrogen-bond donors (Lipinski definition) is 1. The molecule has 2 aromatic rings. The van der Waals surface area contributed by atoms with Crippen LogP contribution in [0.4, 0.5) is 0 Å². The van der Waals surface area contributed by atoms with Crippen LogP contribution in [0.3, 0.4) is 0 Å². The molecule has 1 saturated heterocycles. The first-order chi connectivity index (χ1) is 14.5. The molecular formula is C25H30N2O2S. The quantitative estimate of drug-likeness (QED) is 0.667. The van der Waals surface area contributed by atoms with Gasteiger partial charge in [0.1, 0.15) is 0 Å². The minimum Gasteiger partial charge on any atom is -0.352 e. The summed E-state index contributed by atoms with van der Waals surface area (Å²) in [5.41, 5.74) is 1.75. The Labute approximate surface area is 183 Å². The number of thiophene rings is 1. The molecule has 2 amide bonds. The van der Waals surface area contributed by atoms with Gasteiger partial charge in [0.05, 0.1) is 5.41 Å². The first-order valence-electron chi connectivity index (χ1n) is 10.8. The van der Waals surface area contributed by atoms with Gasteiger partial charge in [-0.1, -0.05) is 43.3 Å². The van der Waals surface area contributed by atoms with E-state index in [1.54, 1.807) is 17.4 Å². The zero-order valence-corrected chi connectivity index (χ0v) is 18.4. The number of amides is 2. The van der Waals surface area contributed by atoms with Crippen molar-refractivity contribution in [3.8, 4) is 10.4 Å². The largest absolute Gasteiger partial charge is 0.352 e.